The van der Waals surface area contributed by atoms with Crippen molar-refractivity contribution in [2.24, 2.45) is 5.92 Å². The van der Waals surface area contributed by atoms with E-state index in [4.69, 9.17) is 4.74 Å². The van der Waals surface area contributed by atoms with Gasteiger partial charge in [-0.2, -0.15) is 0 Å². The maximum absolute atomic E-state index is 12.9. The molecule has 2 amide bonds. The fraction of sp³-hybridized carbons (Fsp3) is 0.391. The molecule has 4 rings (SSSR count). The summed E-state index contributed by atoms with van der Waals surface area (Å²) in [6.07, 6.45) is 2.11. The van der Waals surface area contributed by atoms with Crippen molar-refractivity contribution in [3.05, 3.63) is 59.7 Å². The minimum atomic E-state index is -0.172. The monoisotopic (exact) mass is 429 g/mol. The molecule has 0 unspecified atom stereocenters. The lowest BCUT2D eigenvalue weighted by atomic mass is 9.92. The van der Waals surface area contributed by atoms with E-state index in [0.29, 0.717) is 25.9 Å². The van der Waals surface area contributed by atoms with Crippen LogP contribution in [0.2, 0.25) is 0 Å². The first kappa shape index (κ1) is 22.1. The largest absolute Gasteiger partial charge is 0.497 e. The van der Waals surface area contributed by atoms with E-state index in [1.807, 2.05) is 41.3 Å². The first-order valence-electron chi connectivity index (χ1n) is 10.2. The van der Waals surface area contributed by atoms with Crippen LogP contribution in [0.1, 0.15) is 24.0 Å². The molecule has 2 heterocycles. The third-order valence-electron chi connectivity index (χ3n) is 5.91. The number of amides is 2. The number of carbonyl (C=O) groups is 2. The molecule has 0 radical (unpaired) electrons. The van der Waals surface area contributed by atoms with Crippen molar-refractivity contribution < 1.29 is 14.3 Å². The predicted molar refractivity (Wildman–Crippen MR) is 119 cm³/mol. The summed E-state index contributed by atoms with van der Waals surface area (Å²) < 4.78 is 5.14. The van der Waals surface area contributed by atoms with Gasteiger partial charge in [0.25, 0.3) is 0 Å². The average Bonchev–Trinajstić information content (AvgIpc) is 2.79. The van der Waals surface area contributed by atoms with Crippen LogP contribution in [-0.2, 0) is 22.6 Å². The predicted octanol–water partition coefficient (Wildman–Crippen LogP) is 3.01. The minimum Gasteiger partial charge on any atom is -0.497 e. The number of rotatable bonds is 4. The fourth-order valence-electron chi connectivity index (χ4n) is 4.13. The summed E-state index contributed by atoms with van der Waals surface area (Å²) in [5.74, 6) is 0.857. The summed E-state index contributed by atoms with van der Waals surface area (Å²) in [4.78, 5) is 27.4. The van der Waals surface area contributed by atoms with Gasteiger partial charge < -0.3 is 20.3 Å². The Morgan fingerprint density at radius 1 is 1.03 bits per heavy atom. The lowest BCUT2D eigenvalue weighted by Gasteiger charge is -2.35. The summed E-state index contributed by atoms with van der Waals surface area (Å²) in [5.41, 5.74) is 3.28. The molecule has 30 heavy (non-hydrogen) atoms. The van der Waals surface area contributed by atoms with Crippen molar-refractivity contribution in [2.75, 3.05) is 25.5 Å². The van der Waals surface area contributed by atoms with Gasteiger partial charge in [-0.15, -0.1) is 12.4 Å². The number of ether oxygens (including phenoxy) is 1. The highest BCUT2D eigenvalue weighted by atomic mass is 35.5. The van der Waals surface area contributed by atoms with Crippen LogP contribution in [0.3, 0.4) is 0 Å². The summed E-state index contributed by atoms with van der Waals surface area (Å²) in [6.45, 7) is 1.98. The molecule has 2 aromatic rings. The Bertz CT molecular complexity index is 880. The van der Waals surface area contributed by atoms with E-state index in [1.165, 1.54) is 11.1 Å². The Balaban J connectivity index is 0.00000256. The SMILES string of the molecule is COc1ccc(NC(=O)C2CCN(C(=O)[C@@H]3Cc4ccccc4CN3)CC2)cc1.Cl. The van der Waals surface area contributed by atoms with Crippen LogP contribution in [-0.4, -0.2) is 43.0 Å². The van der Waals surface area contributed by atoms with E-state index in [2.05, 4.69) is 22.8 Å². The molecule has 2 aliphatic heterocycles. The van der Waals surface area contributed by atoms with Crippen LogP contribution in [0.15, 0.2) is 48.5 Å². The van der Waals surface area contributed by atoms with Gasteiger partial charge in [-0.05, 0) is 54.7 Å². The first-order valence-corrected chi connectivity index (χ1v) is 10.2. The van der Waals surface area contributed by atoms with Crippen LogP contribution in [0, 0.1) is 5.92 Å². The number of halogens is 1. The molecule has 1 atom stereocenters. The number of hydrogen-bond donors (Lipinski definition) is 2. The van der Waals surface area contributed by atoms with Crippen molar-refractivity contribution in [2.45, 2.75) is 31.8 Å². The lowest BCUT2D eigenvalue weighted by Crippen LogP contribution is -2.52. The molecule has 0 spiro atoms. The maximum atomic E-state index is 12.9. The van der Waals surface area contributed by atoms with Crippen LogP contribution in [0.4, 0.5) is 5.69 Å². The number of nitrogens with one attached hydrogen (secondary N) is 2. The Labute approximate surface area is 183 Å². The zero-order chi connectivity index (χ0) is 20.2. The minimum absolute atomic E-state index is 0. The number of piperidine rings is 1. The van der Waals surface area contributed by atoms with Crippen molar-refractivity contribution in [3.8, 4) is 5.75 Å². The zero-order valence-electron chi connectivity index (χ0n) is 17.1. The molecule has 7 heteroatoms. The van der Waals surface area contributed by atoms with Crippen LogP contribution in [0.5, 0.6) is 5.75 Å². The zero-order valence-corrected chi connectivity index (χ0v) is 17.9. The molecule has 0 aromatic heterocycles. The third kappa shape index (κ3) is 4.94. The molecule has 0 saturated carbocycles. The van der Waals surface area contributed by atoms with E-state index in [0.717, 1.165) is 24.4 Å². The standard InChI is InChI=1S/C23H27N3O3.ClH/c1-29-20-8-6-19(7-9-20)25-22(27)16-10-12-26(13-11-16)23(28)21-14-17-4-2-3-5-18(17)15-24-21;/h2-9,16,21,24H,10-15H2,1H3,(H,25,27);1H/t21-;/m0./s1. The second kappa shape index (κ2) is 9.96. The second-order valence-electron chi connectivity index (χ2n) is 7.72. The number of hydrogen-bond acceptors (Lipinski definition) is 4. The van der Waals surface area contributed by atoms with Crippen LogP contribution < -0.4 is 15.4 Å². The number of benzene rings is 2. The summed E-state index contributed by atoms with van der Waals surface area (Å²) in [6, 6.07) is 15.4. The van der Waals surface area contributed by atoms with Crippen molar-refractivity contribution in [3.63, 3.8) is 0 Å². The van der Waals surface area contributed by atoms with E-state index in [-0.39, 0.29) is 36.2 Å². The molecule has 1 fully saturated rings. The maximum Gasteiger partial charge on any atom is 0.240 e. The van der Waals surface area contributed by atoms with Gasteiger partial charge in [0.05, 0.1) is 13.2 Å². The Hall–Kier alpha value is -2.57. The van der Waals surface area contributed by atoms with Crippen LogP contribution in [0.25, 0.3) is 0 Å². The molecule has 1 saturated heterocycles. The highest BCUT2D eigenvalue weighted by molar-refractivity contribution is 5.93. The molecule has 0 aliphatic carbocycles. The average molecular weight is 430 g/mol. The van der Waals surface area contributed by atoms with Crippen LogP contribution >= 0.6 is 12.4 Å². The number of anilines is 1. The number of carbonyl (C=O) groups excluding carboxylic acids is 2. The molecule has 0 bridgehead atoms. The molecule has 160 valence electrons. The molecule has 2 N–H and O–H groups in total. The normalized spacial score (nSPS) is 18.7. The van der Waals surface area contributed by atoms with E-state index >= 15 is 0 Å². The van der Waals surface area contributed by atoms with E-state index in [1.54, 1.807) is 7.11 Å². The Morgan fingerprint density at radius 2 is 1.70 bits per heavy atom. The van der Waals surface area contributed by atoms with Gasteiger partial charge in [-0.25, -0.2) is 0 Å². The molecule has 2 aliphatic rings. The van der Waals surface area contributed by atoms with Crippen molar-refractivity contribution >= 4 is 29.9 Å². The highest BCUT2D eigenvalue weighted by Gasteiger charge is 2.32. The van der Waals surface area contributed by atoms with Crippen molar-refractivity contribution in [1.29, 1.82) is 0 Å². The lowest BCUT2D eigenvalue weighted by molar-refractivity contribution is -0.136. The number of likely N-dealkylation sites (tertiary alicyclic amines) is 1. The number of methoxy groups -OCH3 is 1. The van der Waals surface area contributed by atoms with Gasteiger partial charge >= 0.3 is 0 Å². The number of nitrogens with zero attached hydrogens (tertiary/aromatic N) is 1. The van der Waals surface area contributed by atoms with Gasteiger partial charge in [0, 0.05) is 31.2 Å². The van der Waals surface area contributed by atoms with Gasteiger partial charge in [0.15, 0.2) is 0 Å². The van der Waals surface area contributed by atoms with E-state index < -0.39 is 0 Å². The highest BCUT2D eigenvalue weighted by Crippen LogP contribution is 2.23. The van der Waals surface area contributed by atoms with Gasteiger partial charge in [-0.1, -0.05) is 24.3 Å². The quantitative estimate of drug-likeness (QED) is 0.783. The Morgan fingerprint density at radius 3 is 2.37 bits per heavy atom. The van der Waals surface area contributed by atoms with Gasteiger partial charge in [0.1, 0.15) is 5.75 Å². The molecule has 2 aromatic carbocycles. The second-order valence-corrected chi connectivity index (χ2v) is 7.72. The smallest absolute Gasteiger partial charge is 0.240 e. The summed E-state index contributed by atoms with van der Waals surface area (Å²) >= 11 is 0. The number of fused-ring (bicyclic) bond motifs is 1. The third-order valence-corrected chi connectivity index (χ3v) is 5.91. The molecular weight excluding hydrogens is 402 g/mol. The summed E-state index contributed by atoms with van der Waals surface area (Å²) in [7, 11) is 1.62. The van der Waals surface area contributed by atoms with Crippen molar-refractivity contribution in [1.82, 2.24) is 10.2 Å². The molecule has 6 nitrogen and oxygen atoms in total. The van der Waals surface area contributed by atoms with Gasteiger partial charge in [-0.3, -0.25) is 9.59 Å². The van der Waals surface area contributed by atoms with Gasteiger partial charge in [0.2, 0.25) is 11.8 Å². The topological polar surface area (TPSA) is 70.7 Å². The Kier molecular flexibility index (Phi) is 7.34. The first-order chi connectivity index (χ1) is 14.1. The van der Waals surface area contributed by atoms with E-state index in [9.17, 15) is 9.59 Å². The molecular formula is C23H28ClN3O3. The fourth-order valence-corrected chi connectivity index (χ4v) is 4.13. The summed E-state index contributed by atoms with van der Waals surface area (Å²) in [5, 5.41) is 6.34.